The van der Waals surface area contributed by atoms with Crippen molar-refractivity contribution in [1.82, 2.24) is 0 Å². The fraction of sp³-hybridized carbons (Fsp3) is 0. The molecule has 4 aromatic carbocycles. The second-order valence-corrected chi connectivity index (χ2v) is 8.93. The first-order valence-corrected chi connectivity index (χ1v) is 12.5. The van der Waals surface area contributed by atoms with Crippen LogP contribution in [0.15, 0.2) is 109 Å². The summed E-state index contributed by atoms with van der Waals surface area (Å²) in [5.74, 6) is -2.08. The molecule has 0 fully saturated rings. The van der Waals surface area contributed by atoms with E-state index in [1.54, 1.807) is 30.3 Å². The number of aliphatic carboxylic acids is 2. The number of benzene rings is 4. The van der Waals surface area contributed by atoms with Gasteiger partial charge in [-0.15, -0.1) is 0 Å². The molecule has 0 saturated carbocycles. The topological polar surface area (TPSA) is 145 Å². The normalized spacial score (nSPS) is 11.4. The highest BCUT2D eigenvalue weighted by Gasteiger charge is 2.13. The Hall–Kier alpha value is -6.27. The Morgan fingerprint density at radius 1 is 0.690 bits per heavy atom. The molecule has 0 aliphatic carbocycles. The van der Waals surface area contributed by atoms with Gasteiger partial charge in [-0.25, -0.2) is 9.59 Å². The lowest BCUT2D eigenvalue weighted by molar-refractivity contribution is -0.384. The van der Waals surface area contributed by atoms with Gasteiger partial charge in [-0.2, -0.15) is 5.26 Å². The SMILES string of the molecule is N#C/C(=C\c1ccc(N(c2ccc(/C=C/C(=O)O)cc2)c2ccc(/C=C/C(=O)O)cc2)cc1)c1ccc([N+](=O)[O-])cc1. The van der Waals surface area contributed by atoms with Crippen molar-refractivity contribution in [2.24, 2.45) is 0 Å². The molecule has 206 valence electrons. The zero-order chi connectivity index (χ0) is 30.1. The lowest BCUT2D eigenvalue weighted by Gasteiger charge is -2.26. The summed E-state index contributed by atoms with van der Waals surface area (Å²) in [5.41, 5.74) is 5.41. The van der Waals surface area contributed by atoms with Gasteiger partial charge in [-0.05, 0) is 89.0 Å². The Labute approximate surface area is 241 Å². The fourth-order valence-corrected chi connectivity index (χ4v) is 4.08. The molecule has 0 aliphatic heterocycles. The van der Waals surface area contributed by atoms with Crippen LogP contribution in [0, 0.1) is 21.4 Å². The molecule has 0 bridgehead atoms. The molecule has 0 aromatic heterocycles. The van der Waals surface area contributed by atoms with E-state index in [0.29, 0.717) is 22.3 Å². The third kappa shape index (κ3) is 7.43. The maximum absolute atomic E-state index is 10.9. The zero-order valence-electron chi connectivity index (χ0n) is 22.0. The van der Waals surface area contributed by atoms with E-state index in [2.05, 4.69) is 6.07 Å². The van der Waals surface area contributed by atoms with Crippen LogP contribution < -0.4 is 4.90 Å². The highest BCUT2D eigenvalue weighted by Crippen LogP contribution is 2.35. The minimum Gasteiger partial charge on any atom is -0.478 e. The Balaban J connectivity index is 1.69. The number of hydrogen-bond donors (Lipinski definition) is 2. The quantitative estimate of drug-likeness (QED) is 0.0678. The summed E-state index contributed by atoms with van der Waals surface area (Å²) in [6.45, 7) is 0. The van der Waals surface area contributed by atoms with Crippen LogP contribution in [-0.4, -0.2) is 27.1 Å². The number of carboxylic acids is 2. The molecule has 0 spiro atoms. The highest BCUT2D eigenvalue weighted by atomic mass is 16.6. The van der Waals surface area contributed by atoms with E-state index < -0.39 is 16.9 Å². The van der Waals surface area contributed by atoms with Crippen molar-refractivity contribution in [2.75, 3.05) is 4.90 Å². The summed E-state index contributed by atoms with van der Waals surface area (Å²) >= 11 is 0. The molecule has 0 radical (unpaired) electrons. The Bertz CT molecular complexity index is 1660. The standard InChI is InChI=1S/C33H23N3O6/c34-22-27(26-9-17-31(18-10-26)36(41)42)21-25-5-15-30(16-6-25)35(28-11-1-23(2-12-28)7-19-32(37)38)29-13-3-24(4-14-29)8-20-33(39)40/h1-21H,(H,37,38)(H,39,40)/b19-7+,20-8+,27-21+. The Kier molecular flexibility index (Phi) is 9.02. The summed E-state index contributed by atoms with van der Waals surface area (Å²) in [5, 5.41) is 38.5. The van der Waals surface area contributed by atoms with Gasteiger partial charge in [0.05, 0.1) is 16.6 Å². The van der Waals surface area contributed by atoms with E-state index in [9.17, 15) is 25.0 Å². The van der Waals surface area contributed by atoms with Crippen molar-refractivity contribution >= 4 is 58.5 Å². The number of hydrogen-bond acceptors (Lipinski definition) is 6. The van der Waals surface area contributed by atoms with Gasteiger partial charge in [0.2, 0.25) is 0 Å². The van der Waals surface area contributed by atoms with Crippen molar-refractivity contribution < 1.29 is 24.7 Å². The Morgan fingerprint density at radius 2 is 1.10 bits per heavy atom. The molecule has 0 unspecified atom stereocenters. The maximum Gasteiger partial charge on any atom is 0.328 e. The minimum atomic E-state index is -1.04. The lowest BCUT2D eigenvalue weighted by Crippen LogP contribution is -2.09. The van der Waals surface area contributed by atoms with Crippen molar-refractivity contribution in [1.29, 1.82) is 5.26 Å². The van der Waals surface area contributed by atoms with Gasteiger partial charge in [-0.1, -0.05) is 36.4 Å². The van der Waals surface area contributed by atoms with Crippen LogP contribution in [-0.2, 0) is 9.59 Å². The van der Waals surface area contributed by atoms with E-state index in [-0.39, 0.29) is 5.69 Å². The maximum atomic E-state index is 10.9. The average Bonchev–Trinajstić information content (AvgIpc) is 3.00. The summed E-state index contributed by atoms with van der Waals surface area (Å²) in [6, 6.07) is 30.0. The lowest BCUT2D eigenvalue weighted by atomic mass is 10.0. The van der Waals surface area contributed by atoms with E-state index in [1.165, 1.54) is 36.4 Å². The summed E-state index contributed by atoms with van der Waals surface area (Å²) < 4.78 is 0. The third-order valence-electron chi connectivity index (χ3n) is 6.11. The predicted molar refractivity (Wildman–Crippen MR) is 161 cm³/mol. The van der Waals surface area contributed by atoms with Gasteiger partial charge in [0.15, 0.2) is 0 Å². The van der Waals surface area contributed by atoms with Gasteiger partial charge < -0.3 is 15.1 Å². The summed E-state index contributed by atoms with van der Waals surface area (Å²) in [7, 11) is 0. The second kappa shape index (κ2) is 13.2. The number of anilines is 3. The van der Waals surface area contributed by atoms with Gasteiger partial charge >= 0.3 is 11.9 Å². The van der Waals surface area contributed by atoms with Crippen LogP contribution in [0.2, 0.25) is 0 Å². The van der Waals surface area contributed by atoms with Crippen LogP contribution >= 0.6 is 0 Å². The number of allylic oxidation sites excluding steroid dienone is 1. The van der Waals surface area contributed by atoms with Gasteiger partial charge in [0.1, 0.15) is 0 Å². The highest BCUT2D eigenvalue weighted by molar-refractivity contribution is 5.90. The molecule has 4 aromatic rings. The number of nitro groups is 1. The zero-order valence-corrected chi connectivity index (χ0v) is 22.0. The van der Waals surface area contributed by atoms with Gasteiger partial charge in [-0.3, -0.25) is 10.1 Å². The van der Waals surface area contributed by atoms with Crippen molar-refractivity contribution in [3.63, 3.8) is 0 Å². The van der Waals surface area contributed by atoms with Crippen molar-refractivity contribution in [3.8, 4) is 6.07 Å². The number of carboxylic acid groups (broad SMARTS) is 2. The van der Waals surface area contributed by atoms with Gasteiger partial charge in [0, 0.05) is 41.3 Å². The molecule has 9 heteroatoms. The van der Waals surface area contributed by atoms with E-state index in [4.69, 9.17) is 10.2 Å². The number of nitriles is 1. The van der Waals surface area contributed by atoms with Crippen LogP contribution in [0.4, 0.5) is 22.7 Å². The van der Waals surface area contributed by atoms with E-state index >= 15 is 0 Å². The minimum absolute atomic E-state index is 0.0580. The largest absolute Gasteiger partial charge is 0.478 e. The second-order valence-electron chi connectivity index (χ2n) is 8.93. The molecule has 0 saturated heterocycles. The summed E-state index contributed by atoms with van der Waals surface area (Å²) in [6.07, 6.45) is 6.82. The van der Waals surface area contributed by atoms with Crippen molar-refractivity contribution in [3.05, 3.63) is 142 Å². The molecule has 9 nitrogen and oxygen atoms in total. The first kappa shape index (κ1) is 28.7. The molecule has 0 amide bonds. The molecule has 0 heterocycles. The first-order chi connectivity index (χ1) is 20.2. The first-order valence-electron chi connectivity index (χ1n) is 12.5. The molecular formula is C33H23N3O6. The molecule has 2 N–H and O–H groups in total. The predicted octanol–water partition coefficient (Wildman–Crippen LogP) is 7.32. The van der Waals surface area contributed by atoms with E-state index in [1.807, 2.05) is 53.4 Å². The molecule has 0 aliphatic rings. The number of non-ortho nitro benzene ring substituents is 1. The molecular weight excluding hydrogens is 534 g/mol. The molecule has 0 atom stereocenters. The fourth-order valence-electron chi connectivity index (χ4n) is 4.08. The van der Waals surface area contributed by atoms with Crippen LogP contribution in [0.5, 0.6) is 0 Å². The molecule has 42 heavy (non-hydrogen) atoms. The number of carbonyl (C=O) groups is 2. The monoisotopic (exact) mass is 557 g/mol. The molecule has 4 rings (SSSR count). The smallest absolute Gasteiger partial charge is 0.328 e. The Morgan fingerprint density at radius 3 is 1.45 bits per heavy atom. The van der Waals surface area contributed by atoms with Crippen LogP contribution in [0.25, 0.3) is 23.8 Å². The average molecular weight is 558 g/mol. The van der Waals surface area contributed by atoms with E-state index in [0.717, 1.165) is 34.8 Å². The van der Waals surface area contributed by atoms with Crippen molar-refractivity contribution in [2.45, 2.75) is 0 Å². The van der Waals surface area contributed by atoms with Crippen LogP contribution in [0.3, 0.4) is 0 Å². The third-order valence-corrected chi connectivity index (χ3v) is 6.11. The number of nitro benzene ring substituents is 1. The number of nitrogens with zero attached hydrogens (tertiary/aromatic N) is 3. The van der Waals surface area contributed by atoms with Crippen LogP contribution in [0.1, 0.15) is 22.3 Å². The number of rotatable bonds is 10. The van der Waals surface area contributed by atoms with Gasteiger partial charge in [0.25, 0.3) is 5.69 Å². The summed E-state index contributed by atoms with van der Waals surface area (Å²) in [4.78, 5) is 34.2.